The standard InChI is InChI=1S/C13H12N2O2/c1-9-5-6-10(12(16)8-9)15-13(17)11-4-2-3-7-14-11/h2-8,16H,1H3,(H,15,17). The molecule has 1 aromatic heterocycles. The van der Waals surface area contributed by atoms with E-state index in [1.165, 1.54) is 0 Å². The number of nitrogens with one attached hydrogen (secondary N) is 1. The van der Waals surface area contributed by atoms with Gasteiger partial charge in [-0.15, -0.1) is 0 Å². The lowest BCUT2D eigenvalue weighted by molar-refractivity contribution is 0.102. The van der Waals surface area contributed by atoms with Crippen LogP contribution >= 0.6 is 0 Å². The Balaban J connectivity index is 2.19. The van der Waals surface area contributed by atoms with Gasteiger partial charge in [-0.25, -0.2) is 0 Å². The molecule has 2 rings (SSSR count). The molecule has 0 fully saturated rings. The Bertz CT molecular complexity index is 538. The van der Waals surface area contributed by atoms with Crippen LogP contribution in [0.5, 0.6) is 5.75 Å². The fourth-order valence-electron chi connectivity index (χ4n) is 1.43. The summed E-state index contributed by atoms with van der Waals surface area (Å²) in [5.41, 5.74) is 1.62. The number of hydrogen-bond donors (Lipinski definition) is 2. The molecule has 0 atom stereocenters. The first-order valence-corrected chi connectivity index (χ1v) is 5.19. The Morgan fingerprint density at radius 2 is 2.12 bits per heavy atom. The Hall–Kier alpha value is -2.36. The number of pyridine rings is 1. The second-order valence-electron chi connectivity index (χ2n) is 3.69. The number of rotatable bonds is 2. The number of phenols is 1. The van der Waals surface area contributed by atoms with Crippen molar-refractivity contribution in [3.05, 3.63) is 53.9 Å². The molecule has 0 radical (unpaired) electrons. The first kappa shape index (κ1) is 11.1. The lowest BCUT2D eigenvalue weighted by atomic mass is 10.2. The van der Waals surface area contributed by atoms with Crippen LogP contribution in [0.3, 0.4) is 0 Å². The fourth-order valence-corrected chi connectivity index (χ4v) is 1.43. The Morgan fingerprint density at radius 1 is 1.29 bits per heavy atom. The molecular weight excluding hydrogens is 216 g/mol. The van der Waals surface area contributed by atoms with Crippen molar-refractivity contribution in [2.45, 2.75) is 6.92 Å². The number of aromatic hydroxyl groups is 1. The summed E-state index contributed by atoms with van der Waals surface area (Å²) in [5, 5.41) is 12.3. The molecule has 0 bridgehead atoms. The minimum Gasteiger partial charge on any atom is -0.506 e. The van der Waals surface area contributed by atoms with Gasteiger partial charge in [0, 0.05) is 6.20 Å². The predicted octanol–water partition coefficient (Wildman–Crippen LogP) is 2.35. The Morgan fingerprint density at radius 3 is 2.76 bits per heavy atom. The average Bonchev–Trinajstić information content (AvgIpc) is 2.34. The van der Waals surface area contributed by atoms with Crippen LogP contribution in [-0.4, -0.2) is 16.0 Å². The molecule has 0 aliphatic carbocycles. The molecule has 2 aromatic rings. The number of carbonyl (C=O) groups is 1. The van der Waals surface area contributed by atoms with Crippen molar-refractivity contribution in [1.82, 2.24) is 4.98 Å². The third kappa shape index (κ3) is 2.60. The number of aryl methyl sites for hydroxylation is 1. The van der Waals surface area contributed by atoms with Crippen LogP contribution in [0.15, 0.2) is 42.6 Å². The summed E-state index contributed by atoms with van der Waals surface area (Å²) in [4.78, 5) is 15.7. The van der Waals surface area contributed by atoms with Crippen LogP contribution in [0.2, 0.25) is 0 Å². The van der Waals surface area contributed by atoms with Crippen molar-refractivity contribution >= 4 is 11.6 Å². The largest absolute Gasteiger partial charge is 0.506 e. The second kappa shape index (κ2) is 4.65. The molecule has 0 aliphatic rings. The smallest absolute Gasteiger partial charge is 0.274 e. The van der Waals surface area contributed by atoms with E-state index in [0.29, 0.717) is 11.4 Å². The summed E-state index contributed by atoms with van der Waals surface area (Å²) in [6.45, 7) is 1.87. The van der Waals surface area contributed by atoms with E-state index >= 15 is 0 Å². The zero-order chi connectivity index (χ0) is 12.3. The average molecular weight is 228 g/mol. The highest BCUT2D eigenvalue weighted by atomic mass is 16.3. The summed E-state index contributed by atoms with van der Waals surface area (Å²) >= 11 is 0. The molecule has 1 amide bonds. The topological polar surface area (TPSA) is 62.2 Å². The summed E-state index contributed by atoms with van der Waals surface area (Å²) in [7, 11) is 0. The van der Waals surface area contributed by atoms with E-state index in [0.717, 1.165) is 5.56 Å². The second-order valence-corrected chi connectivity index (χ2v) is 3.69. The number of anilines is 1. The van der Waals surface area contributed by atoms with Crippen LogP contribution in [0.25, 0.3) is 0 Å². The molecule has 0 aliphatic heterocycles. The minimum atomic E-state index is -0.343. The first-order chi connectivity index (χ1) is 8.16. The van der Waals surface area contributed by atoms with Crippen molar-refractivity contribution in [3.63, 3.8) is 0 Å². The lowest BCUT2D eigenvalue weighted by Gasteiger charge is -2.07. The Kier molecular flexibility index (Phi) is 3.05. The van der Waals surface area contributed by atoms with Crippen molar-refractivity contribution in [2.24, 2.45) is 0 Å². The van der Waals surface area contributed by atoms with E-state index < -0.39 is 0 Å². The van der Waals surface area contributed by atoms with Crippen LogP contribution in [0.1, 0.15) is 16.1 Å². The van der Waals surface area contributed by atoms with Gasteiger partial charge in [-0.1, -0.05) is 12.1 Å². The van der Waals surface area contributed by atoms with Crippen LogP contribution < -0.4 is 5.32 Å². The van der Waals surface area contributed by atoms with Crippen LogP contribution in [0.4, 0.5) is 5.69 Å². The van der Waals surface area contributed by atoms with Gasteiger partial charge in [0.1, 0.15) is 11.4 Å². The van der Waals surface area contributed by atoms with E-state index in [4.69, 9.17) is 0 Å². The number of amides is 1. The van der Waals surface area contributed by atoms with Crippen molar-refractivity contribution < 1.29 is 9.90 Å². The molecule has 4 nitrogen and oxygen atoms in total. The van der Waals surface area contributed by atoms with Gasteiger partial charge in [-0.05, 0) is 36.8 Å². The van der Waals surface area contributed by atoms with Gasteiger partial charge < -0.3 is 10.4 Å². The molecule has 17 heavy (non-hydrogen) atoms. The molecule has 1 heterocycles. The molecule has 0 saturated heterocycles. The van der Waals surface area contributed by atoms with Crippen molar-refractivity contribution in [1.29, 1.82) is 0 Å². The zero-order valence-corrected chi connectivity index (χ0v) is 9.34. The van der Waals surface area contributed by atoms with E-state index in [1.54, 1.807) is 36.5 Å². The summed E-state index contributed by atoms with van der Waals surface area (Å²) in [5.74, 6) is -0.293. The van der Waals surface area contributed by atoms with Crippen molar-refractivity contribution in [3.8, 4) is 5.75 Å². The number of carbonyl (C=O) groups excluding carboxylic acids is 1. The maximum absolute atomic E-state index is 11.8. The molecular formula is C13H12N2O2. The predicted molar refractivity (Wildman–Crippen MR) is 65.0 cm³/mol. The molecule has 0 saturated carbocycles. The van der Waals surface area contributed by atoms with Gasteiger partial charge in [0.05, 0.1) is 5.69 Å². The molecule has 0 unspecified atom stereocenters. The van der Waals surface area contributed by atoms with Gasteiger partial charge in [0.15, 0.2) is 0 Å². The molecule has 86 valence electrons. The SMILES string of the molecule is Cc1ccc(NC(=O)c2ccccn2)c(O)c1. The Labute approximate surface area is 98.9 Å². The molecule has 2 N–H and O–H groups in total. The molecule has 4 heteroatoms. The summed E-state index contributed by atoms with van der Waals surface area (Å²) in [6.07, 6.45) is 1.55. The highest BCUT2D eigenvalue weighted by Gasteiger charge is 2.09. The number of aromatic nitrogens is 1. The van der Waals surface area contributed by atoms with Crippen LogP contribution in [0, 0.1) is 6.92 Å². The van der Waals surface area contributed by atoms with E-state index in [9.17, 15) is 9.90 Å². The number of nitrogens with zero attached hydrogens (tertiary/aromatic N) is 1. The highest BCUT2D eigenvalue weighted by molar-refractivity contribution is 6.03. The van der Waals surface area contributed by atoms with Gasteiger partial charge in [-0.2, -0.15) is 0 Å². The maximum atomic E-state index is 11.8. The molecule has 0 spiro atoms. The summed E-state index contributed by atoms with van der Waals surface area (Å²) in [6, 6.07) is 10.1. The third-order valence-electron chi connectivity index (χ3n) is 2.30. The van der Waals surface area contributed by atoms with Gasteiger partial charge in [0.25, 0.3) is 5.91 Å². The maximum Gasteiger partial charge on any atom is 0.274 e. The van der Waals surface area contributed by atoms with E-state index in [2.05, 4.69) is 10.3 Å². The normalized spacial score (nSPS) is 9.94. The monoisotopic (exact) mass is 228 g/mol. The van der Waals surface area contributed by atoms with Gasteiger partial charge >= 0.3 is 0 Å². The van der Waals surface area contributed by atoms with E-state index in [-0.39, 0.29) is 11.7 Å². The lowest BCUT2D eigenvalue weighted by Crippen LogP contribution is -2.13. The van der Waals surface area contributed by atoms with Gasteiger partial charge in [0.2, 0.25) is 0 Å². The van der Waals surface area contributed by atoms with E-state index in [1.807, 2.05) is 13.0 Å². The number of hydrogen-bond acceptors (Lipinski definition) is 3. The zero-order valence-electron chi connectivity index (χ0n) is 9.34. The summed E-state index contributed by atoms with van der Waals surface area (Å²) < 4.78 is 0. The number of benzene rings is 1. The first-order valence-electron chi connectivity index (χ1n) is 5.19. The van der Waals surface area contributed by atoms with Crippen LogP contribution in [-0.2, 0) is 0 Å². The highest BCUT2D eigenvalue weighted by Crippen LogP contribution is 2.24. The fraction of sp³-hybridized carbons (Fsp3) is 0.0769. The van der Waals surface area contributed by atoms with Gasteiger partial charge in [-0.3, -0.25) is 9.78 Å². The minimum absolute atomic E-state index is 0.0503. The number of phenolic OH excluding ortho intramolecular Hbond substituents is 1. The van der Waals surface area contributed by atoms with Crippen molar-refractivity contribution in [2.75, 3.05) is 5.32 Å². The third-order valence-corrected chi connectivity index (χ3v) is 2.30. The quantitative estimate of drug-likeness (QED) is 0.775. The molecule has 1 aromatic carbocycles.